The molecule has 4 rings (SSSR count). The van der Waals surface area contributed by atoms with Crippen LogP contribution in [0.3, 0.4) is 0 Å². The van der Waals surface area contributed by atoms with E-state index >= 15 is 0 Å². The van der Waals surface area contributed by atoms with Crippen LogP contribution in [0, 0.1) is 10.8 Å². The van der Waals surface area contributed by atoms with E-state index in [-0.39, 0.29) is 0 Å². The number of rotatable bonds is 5. The van der Waals surface area contributed by atoms with Crippen molar-refractivity contribution in [3.8, 4) is 5.75 Å². The predicted octanol–water partition coefficient (Wildman–Crippen LogP) is 3.46. The van der Waals surface area contributed by atoms with Crippen molar-refractivity contribution in [1.82, 2.24) is 4.98 Å². The first kappa shape index (κ1) is 19.5. The summed E-state index contributed by atoms with van der Waals surface area (Å²) in [6.45, 7) is 5.64. The number of nitrogens with two attached hydrogens (primary N) is 1. The largest absolute Gasteiger partial charge is 0.495 e. The van der Waals surface area contributed by atoms with Crippen LogP contribution in [0.4, 0.5) is 5.69 Å². The zero-order valence-electron chi connectivity index (χ0n) is 17.1. The Balaban J connectivity index is 1.60. The summed E-state index contributed by atoms with van der Waals surface area (Å²) < 4.78 is 11.2. The van der Waals surface area contributed by atoms with Gasteiger partial charge in [-0.05, 0) is 49.6 Å². The van der Waals surface area contributed by atoms with Crippen molar-refractivity contribution in [1.29, 1.82) is 5.41 Å². The van der Waals surface area contributed by atoms with Gasteiger partial charge < -0.3 is 20.1 Å². The summed E-state index contributed by atoms with van der Waals surface area (Å²) in [5.41, 5.74) is 11.0. The van der Waals surface area contributed by atoms with Crippen molar-refractivity contribution in [3.63, 3.8) is 0 Å². The molecule has 6 heteroatoms. The number of hydrogen-bond acceptors (Lipinski definition) is 6. The highest BCUT2D eigenvalue weighted by Gasteiger charge is 2.44. The zero-order chi connectivity index (χ0) is 20.4. The van der Waals surface area contributed by atoms with Crippen LogP contribution < -0.4 is 15.4 Å². The molecule has 0 bridgehead atoms. The van der Waals surface area contributed by atoms with E-state index in [1.165, 1.54) is 0 Å². The van der Waals surface area contributed by atoms with Crippen molar-refractivity contribution in [2.75, 3.05) is 38.3 Å². The number of benzene rings is 1. The number of nitrogens with one attached hydrogen (secondary N) is 1. The molecule has 0 saturated carbocycles. The van der Waals surface area contributed by atoms with E-state index in [1.807, 2.05) is 31.2 Å². The van der Waals surface area contributed by atoms with Gasteiger partial charge in [0.25, 0.3) is 0 Å². The Bertz CT molecular complexity index is 921. The molecule has 29 heavy (non-hydrogen) atoms. The second-order valence-electron chi connectivity index (χ2n) is 8.02. The first-order chi connectivity index (χ1) is 14.0. The third-order valence-electron chi connectivity index (χ3n) is 6.03. The van der Waals surface area contributed by atoms with Gasteiger partial charge in [0.1, 0.15) is 5.75 Å². The van der Waals surface area contributed by atoms with Crippen LogP contribution in [0.1, 0.15) is 30.9 Å². The third kappa shape index (κ3) is 3.72. The lowest BCUT2D eigenvalue weighted by Gasteiger charge is -2.53. The van der Waals surface area contributed by atoms with Crippen molar-refractivity contribution < 1.29 is 9.47 Å². The van der Waals surface area contributed by atoms with Gasteiger partial charge in [-0.1, -0.05) is 6.07 Å². The fourth-order valence-corrected chi connectivity index (χ4v) is 4.38. The van der Waals surface area contributed by atoms with Crippen LogP contribution in [0.2, 0.25) is 0 Å². The van der Waals surface area contributed by atoms with Gasteiger partial charge in [0.2, 0.25) is 0 Å². The number of aromatic nitrogens is 1. The van der Waals surface area contributed by atoms with Crippen LogP contribution in [0.25, 0.3) is 5.57 Å². The summed E-state index contributed by atoms with van der Waals surface area (Å²) in [6, 6.07) is 9.76. The SMILES string of the molecule is COc1cc(/C(C(=N)c2ccncc2)=C(\C)N)ccc1N1CC2(CCOCC2)C1. The summed E-state index contributed by atoms with van der Waals surface area (Å²) in [5, 5.41) is 8.67. The molecule has 0 unspecified atom stereocenters. The van der Waals surface area contributed by atoms with Gasteiger partial charge in [-0.3, -0.25) is 10.4 Å². The topological polar surface area (TPSA) is 84.5 Å². The van der Waals surface area contributed by atoms with Crippen LogP contribution in [0.5, 0.6) is 5.75 Å². The van der Waals surface area contributed by atoms with Crippen molar-refractivity contribution in [2.45, 2.75) is 19.8 Å². The third-order valence-corrected chi connectivity index (χ3v) is 6.03. The van der Waals surface area contributed by atoms with E-state index in [2.05, 4.69) is 16.0 Å². The number of nitrogens with zero attached hydrogens (tertiary/aromatic N) is 2. The Morgan fingerprint density at radius 3 is 2.45 bits per heavy atom. The molecule has 3 N–H and O–H groups in total. The molecule has 0 aliphatic carbocycles. The summed E-state index contributed by atoms with van der Waals surface area (Å²) in [4.78, 5) is 6.41. The van der Waals surface area contributed by atoms with Gasteiger partial charge in [-0.2, -0.15) is 0 Å². The zero-order valence-corrected chi connectivity index (χ0v) is 17.1. The standard InChI is InChI=1S/C23H28N4O2/c1-16(24)21(22(25)17-5-9-26-10-6-17)18-3-4-19(20(13-18)28-2)27-14-23(15-27)7-11-29-12-8-23/h3-6,9-10,13,25H,7-8,11-12,14-15,24H2,1-2H3/b21-16-,25-22?. The van der Waals surface area contributed by atoms with Crippen LogP contribution in [-0.4, -0.2) is 44.1 Å². The average molecular weight is 393 g/mol. The quantitative estimate of drug-likeness (QED) is 0.761. The lowest BCUT2D eigenvalue weighted by Crippen LogP contribution is -2.58. The molecule has 0 amide bonds. The maximum absolute atomic E-state index is 8.67. The maximum atomic E-state index is 8.67. The molecule has 6 nitrogen and oxygen atoms in total. The normalized spacial score (nSPS) is 18.8. The Hall–Kier alpha value is -2.86. The number of hydrogen-bond donors (Lipinski definition) is 2. The first-order valence-corrected chi connectivity index (χ1v) is 10.00. The van der Waals surface area contributed by atoms with Crippen LogP contribution in [-0.2, 0) is 4.74 Å². The smallest absolute Gasteiger partial charge is 0.142 e. The van der Waals surface area contributed by atoms with E-state index in [0.717, 1.165) is 61.7 Å². The molecule has 1 aromatic heterocycles. The summed E-state index contributed by atoms with van der Waals surface area (Å²) in [7, 11) is 1.69. The number of ether oxygens (including phenoxy) is 2. The van der Waals surface area contributed by atoms with E-state index < -0.39 is 0 Å². The van der Waals surface area contributed by atoms with E-state index in [0.29, 0.717) is 22.4 Å². The Morgan fingerprint density at radius 2 is 1.83 bits per heavy atom. The van der Waals surface area contributed by atoms with Crippen LogP contribution in [0.15, 0.2) is 48.4 Å². The molecule has 2 aliphatic heterocycles. The number of pyridine rings is 1. The van der Waals surface area contributed by atoms with Gasteiger partial charge in [0.15, 0.2) is 0 Å². The van der Waals surface area contributed by atoms with Gasteiger partial charge in [0, 0.05) is 60.9 Å². The van der Waals surface area contributed by atoms with Crippen LogP contribution >= 0.6 is 0 Å². The minimum absolute atomic E-state index is 0.382. The molecule has 2 aliphatic rings. The van der Waals surface area contributed by atoms with Gasteiger partial charge in [-0.25, -0.2) is 0 Å². The molecule has 2 aromatic rings. The van der Waals surface area contributed by atoms with Crippen molar-refractivity contribution >= 4 is 17.0 Å². The summed E-state index contributed by atoms with van der Waals surface area (Å²) in [5.74, 6) is 0.811. The van der Waals surface area contributed by atoms with Crippen molar-refractivity contribution in [3.05, 3.63) is 59.5 Å². The van der Waals surface area contributed by atoms with Gasteiger partial charge in [0.05, 0.1) is 18.5 Å². The fraction of sp³-hybridized carbons (Fsp3) is 0.391. The maximum Gasteiger partial charge on any atom is 0.142 e. The lowest BCUT2D eigenvalue weighted by atomic mass is 9.73. The molecule has 1 spiro atoms. The monoisotopic (exact) mass is 392 g/mol. The van der Waals surface area contributed by atoms with E-state index in [1.54, 1.807) is 19.5 Å². The second kappa shape index (κ2) is 7.87. The molecule has 3 heterocycles. The summed E-state index contributed by atoms with van der Waals surface area (Å²) in [6.07, 6.45) is 5.64. The molecular formula is C23H28N4O2. The second-order valence-corrected chi connectivity index (χ2v) is 8.02. The van der Waals surface area contributed by atoms with E-state index in [4.69, 9.17) is 20.6 Å². The fourth-order valence-electron chi connectivity index (χ4n) is 4.38. The van der Waals surface area contributed by atoms with Gasteiger partial charge in [-0.15, -0.1) is 0 Å². The highest BCUT2D eigenvalue weighted by molar-refractivity contribution is 6.30. The molecule has 2 fully saturated rings. The Morgan fingerprint density at radius 1 is 1.14 bits per heavy atom. The molecule has 1 aromatic carbocycles. The number of anilines is 1. The lowest BCUT2D eigenvalue weighted by molar-refractivity contribution is -0.000312. The highest BCUT2D eigenvalue weighted by Crippen LogP contribution is 2.45. The molecular weight excluding hydrogens is 364 g/mol. The first-order valence-electron chi connectivity index (χ1n) is 10.00. The van der Waals surface area contributed by atoms with Crippen molar-refractivity contribution in [2.24, 2.45) is 11.1 Å². The summed E-state index contributed by atoms with van der Waals surface area (Å²) >= 11 is 0. The number of allylic oxidation sites excluding steroid dienone is 2. The van der Waals surface area contributed by atoms with E-state index in [9.17, 15) is 0 Å². The molecule has 152 valence electrons. The average Bonchev–Trinajstić information content (AvgIpc) is 2.73. The molecule has 0 radical (unpaired) electrons. The highest BCUT2D eigenvalue weighted by atomic mass is 16.5. The van der Waals surface area contributed by atoms with Gasteiger partial charge >= 0.3 is 0 Å². The minimum atomic E-state index is 0.382. The Labute approximate surface area is 171 Å². The molecule has 0 atom stereocenters. The Kier molecular flexibility index (Phi) is 5.28. The minimum Gasteiger partial charge on any atom is -0.495 e. The molecule has 2 saturated heterocycles. The number of methoxy groups -OCH3 is 1. The predicted molar refractivity (Wildman–Crippen MR) is 116 cm³/mol.